The first-order valence-corrected chi connectivity index (χ1v) is 10.0. The van der Waals surface area contributed by atoms with Crippen molar-refractivity contribution < 1.29 is 9.90 Å². The Balaban J connectivity index is 2.08. The number of phenols is 1. The summed E-state index contributed by atoms with van der Waals surface area (Å²) in [4.78, 5) is 16.7. The largest absolute Gasteiger partial charge is 0.508 e. The molecule has 1 aliphatic carbocycles. The maximum absolute atomic E-state index is 12.0. The van der Waals surface area contributed by atoms with E-state index in [1.165, 1.54) is 5.19 Å². The van der Waals surface area contributed by atoms with Gasteiger partial charge in [0.15, 0.2) is 13.9 Å². The molecule has 0 spiro atoms. The Morgan fingerprint density at radius 1 is 1.04 bits per heavy atom. The van der Waals surface area contributed by atoms with Gasteiger partial charge in [-0.25, -0.2) is 4.99 Å². The maximum atomic E-state index is 12.0. The average Bonchev–Trinajstić information content (AvgIpc) is 2.57. The van der Waals surface area contributed by atoms with Crippen LogP contribution in [0, 0.1) is 0 Å². The molecule has 0 radical (unpaired) electrons. The lowest BCUT2D eigenvalue weighted by molar-refractivity contribution is -0.110. The number of aliphatic imine (C=N–C) groups is 1. The summed E-state index contributed by atoms with van der Waals surface area (Å²) in [7, 11) is -2.37. The highest BCUT2D eigenvalue weighted by atomic mass is 28.3. The lowest BCUT2D eigenvalue weighted by Gasteiger charge is -2.36. The number of carbonyl (C=O) groups is 1. The number of ketones is 1. The number of carbonyl (C=O) groups excluding carboxylic acids is 1. The molecule has 1 N–H and O–H groups in total. The number of hydrogen-bond donors (Lipinski definition) is 1. The van der Waals surface area contributed by atoms with Gasteiger partial charge in [0.1, 0.15) is 5.75 Å². The smallest absolute Gasteiger partial charge is 0.178 e. The number of benzene rings is 2. The zero-order chi connectivity index (χ0) is 16.0. The zero-order valence-electron chi connectivity index (χ0n) is 12.7. The van der Waals surface area contributed by atoms with E-state index in [-0.39, 0.29) is 11.5 Å². The molecule has 0 aromatic heterocycles. The highest BCUT2D eigenvalue weighted by Crippen LogP contribution is 2.31. The zero-order valence-corrected chi connectivity index (χ0v) is 13.7. The van der Waals surface area contributed by atoms with Crippen molar-refractivity contribution in [2.24, 2.45) is 4.99 Å². The van der Waals surface area contributed by atoms with Crippen LogP contribution in [-0.4, -0.2) is 24.7 Å². The molecule has 0 bridgehead atoms. The molecule has 1 aliphatic heterocycles. The van der Waals surface area contributed by atoms with Crippen LogP contribution in [0.4, 0.5) is 5.69 Å². The normalized spacial score (nSPS) is 22.0. The summed E-state index contributed by atoms with van der Waals surface area (Å²) in [6.45, 7) is 2.22. The summed E-state index contributed by atoms with van der Waals surface area (Å²) in [5, 5.41) is 13.2. The number of nitrogens with zero attached hydrogens (tertiary/aromatic N) is 1. The summed E-state index contributed by atoms with van der Waals surface area (Å²) < 4.78 is 0. The van der Waals surface area contributed by atoms with Crippen LogP contribution < -0.4 is 10.4 Å². The van der Waals surface area contributed by atoms with Crippen LogP contribution in [0.2, 0.25) is 6.55 Å². The van der Waals surface area contributed by atoms with Gasteiger partial charge in [0, 0.05) is 0 Å². The summed E-state index contributed by atoms with van der Waals surface area (Å²) in [5.41, 5.74) is 1.74. The van der Waals surface area contributed by atoms with E-state index in [4.69, 9.17) is 4.99 Å². The predicted octanol–water partition coefficient (Wildman–Crippen LogP) is 2.28. The highest BCUT2D eigenvalue weighted by Gasteiger charge is 2.43. The fourth-order valence-corrected chi connectivity index (χ4v) is 7.33. The van der Waals surface area contributed by atoms with Crippen molar-refractivity contribution in [1.29, 1.82) is 0 Å². The third kappa shape index (κ3) is 2.03. The van der Waals surface area contributed by atoms with Crippen molar-refractivity contribution in [1.82, 2.24) is 0 Å². The number of hydrogen-bond acceptors (Lipinski definition) is 3. The van der Waals surface area contributed by atoms with Crippen LogP contribution in [-0.2, 0) is 4.79 Å². The van der Waals surface area contributed by atoms with E-state index in [9.17, 15) is 9.90 Å². The van der Waals surface area contributed by atoms with E-state index < -0.39 is 8.07 Å². The molecule has 3 nitrogen and oxygen atoms in total. The lowest BCUT2D eigenvalue weighted by Crippen LogP contribution is -2.60. The van der Waals surface area contributed by atoms with Crippen molar-refractivity contribution in [3.63, 3.8) is 0 Å². The number of fused-ring (bicyclic) bond motifs is 2. The van der Waals surface area contributed by atoms with Gasteiger partial charge in [0.2, 0.25) is 0 Å². The SMILES string of the molecule is C[Si]1(c2ccccc2)C2=CC(=O)C=CC2=Nc2ccc(O)cc21. The molecule has 4 rings (SSSR count). The molecule has 2 aliphatic rings. The van der Waals surface area contributed by atoms with E-state index in [0.29, 0.717) is 0 Å². The third-order valence-electron chi connectivity index (χ3n) is 4.62. The van der Waals surface area contributed by atoms with Crippen LogP contribution in [0.5, 0.6) is 5.75 Å². The molecule has 2 aromatic carbocycles. The minimum atomic E-state index is -2.37. The number of rotatable bonds is 1. The van der Waals surface area contributed by atoms with E-state index in [2.05, 4.69) is 18.7 Å². The monoisotopic (exact) mass is 317 g/mol. The van der Waals surface area contributed by atoms with Gasteiger partial charge in [-0.3, -0.25) is 4.79 Å². The van der Waals surface area contributed by atoms with Gasteiger partial charge in [-0.05, 0) is 52.0 Å². The molecular weight excluding hydrogens is 302 g/mol. The van der Waals surface area contributed by atoms with Gasteiger partial charge in [0.05, 0.1) is 11.4 Å². The molecule has 1 atom stereocenters. The Hall–Kier alpha value is -2.72. The Morgan fingerprint density at radius 3 is 2.61 bits per heavy atom. The predicted molar refractivity (Wildman–Crippen MR) is 94.8 cm³/mol. The second-order valence-corrected chi connectivity index (χ2v) is 9.89. The van der Waals surface area contributed by atoms with Crippen LogP contribution in [0.15, 0.2) is 76.9 Å². The van der Waals surface area contributed by atoms with Crippen molar-refractivity contribution in [2.75, 3.05) is 0 Å². The first kappa shape index (κ1) is 13.9. The minimum absolute atomic E-state index is 0.00258. The lowest BCUT2D eigenvalue weighted by atomic mass is 10.1. The molecule has 4 heteroatoms. The second kappa shape index (κ2) is 4.89. The highest BCUT2D eigenvalue weighted by molar-refractivity contribution is 7.10. The first-order valence-electron chi connectivity index (χ1n) is 7.51. The molecular formula is C19H15NO2Si. The second-order valence-electron chi connectivity index (χ2n) is 5.98. The summed E-state index contributed by atoms with van der Waals surface area (Å²) in [5.74, 6) is 0.229. The van der Waals surface area contributed by atoms with E-state index >= 15 is 0 Å². The van der Waals surface area contributed by atoms with Crippen molar-refractivity contribution in [3.8, 4) is 5.75 Å². The number of phenolic OH excluding ortho intramolecular Hbond substituents is 1. The van der Waals surface area contributed by atoms with Gasteiger partial charge < -0.3 is 5.11 Å². The molecule has 0 saturated heterocycles. The topological polar surface area (TPSA) is 49.7 Å². The minimum Gasteiger partial charge on any atom is -0.508 e. The first-order chi connectivity index (χ1) is 11.1. The Kier molecular flexibility index (Phi) is 2.96. The molecule has 0 fully saturated rings. The van der Waals surface area contributed by atoms with Crippen LogP contribution in [0.1, 0.15) is 0 Å². The Bertz CT molecular complexity index is 912. The molecule has 0 saturated carbocycles. The van der Waals surface area contributed by atoms with Crippen molar-refractivity contribution >= 4 is 35.6 Å². The van der Waals surface area contributed by atoms with Crippen LogP contribution in [0.3, 0.4) is 0 Å². The van der Waals surface area contributed by atoms with Gasteiger partial charge in [-0.2, -0.15) is 0 Å². The summed E-state index contributed by atoms with van der Waals surface area (Å²) in [6.07, 6.45) is 5.08. The number of aromatic hydroxyl groups is 1. The summed E-state index contributed by atoms with van der Waals surface area (Å²) >= 11 is 0. The Morgan fingerprint density at radius 2 is 1.83 bits per heavy atom. The van der Waals surface area contributed by atoms with Gasteiger partial charge in [-0.1, -0.05) is 36.9 Å². The summed E-state index contributed by atoms with van der Waals surface area (Å²) in [6, 6.07) is 15.5. The van der Waals surface area contributed by atoms with E-state index in [0.717, 1.165) is 21.8 Å². The average molecular weight is 317 g/mol. The quantitative estimate of drug-likeness (QED) is 0.648. The van der Waals surface area contributed by atoms with Gasteiger partial charge in [0.25, 0.3) is 0 Å². The van der Waals surface area contributed by atoms with E-state index in [1.54, 1.807) is 24.3 Å². The third-order valence-corrected chi connectivity index (χ3v) is 9.06. The number of allylic oxidation sites excluding steroid dienone is 4. The standard InChI is InChI=1S/C19H15NO2Si/c1-23(15-5-3-2-4-6-15)18-11-13(21)7-9-16(18)20-17-10-8-14(22)12-19(17)23/h2-12,21H,1H3. The fraction of sp³-hybridized carbons (Fsp3) is 0.0526. The molecule has 112 valence electrons. The molecule has 2 aromatic rings. The maximum Gasteiger partial charge on any atom is 0.178 e. The molecule has 1 heterocycles. The molecule has 1 unspecified atom stereocenters. The van der Waals surface area contributed by atoms with Crippen LogP contribution in [0.25, 0.3) is 0 Å². The molecule has 23 heavy (non-hydrogen) atoms. The van der Waals surface area contributed by atoms with Crippen molar-refractivity contribution in [3.05, 3.63) is 72.0 Å². The van der Waals surface area contributed by atoms with E-state index in [1.807, 2.05) is 30.3 Å². The fourth-order valence-electron chi connectivity index (χ4n) is 3.39. The van der Waals surface area contributed by atoms with Crippen LogP contribution >= 0.6 is 0 Å². The Labute approximate surface area is 135 Å². The van der Waals surface area contributed by atoms with Gasteiger partial charge >= 0.3 is 0 Å². The van der Waals surface area contributed by atoms with Crippen molar-refractivity contribution in [2.45, 2.75) is 6.55 Å². The molecule has 0 amide bonds. The van der Waals surface area contributed by atoms with Gasteiger partial charge in [-0.15, -0.1) is 0 Å².